The van der Waals surface area contributed by atoms with Gasteiger partial charge < -0.3 is 4.74 Å². The first-order valence-corrected chi connectivity index (χ1v) is 4.82. The van der Waals surface area contributed by atoms with E-state index in [0.717, 1.165) is 18.2 Å². The number of anilines is 1. The van der Waals surface area contributed by atoms with Gasteiger partial charge in [-0.3, -0.25) is 25.5 Å². The number of nitrogens with zero attached hydrogens (tertiary/aromatic N) is 2. The Kier molecular flexibility index (Phi) is 4.13. The average molecular weight is 255 g/mol. The van der Waals surface area contributed by atoms with Crippen LogP contribution in [0.5, 0.6) is 0 Å². The monoisotopic (exact) mass is 255 g/mol. The smallest absolute Gasteiger partial charge is 0.411 e. The zero-order valence-corrected chi connectivity index (χ0v) is 9.28. The largest absolute Gasteiger partial charge is 0.450 e. The lowest BCUT2D eigenvalue weighted by Crippen LogP contribution is -2.14. The van der Waals surface area contributed by atoms with Crippen LogP contribution in [-0.2, 0) is 4.74 Å². The average Bonchev–Trinajstić information content (AvgIpc) is 2.29. The highest BCUT2D eigenvalue weighted by molar-refractivity contribution is 5.88. The Morgan fingerprint density at radius 3 is 2.50 bits per heavy atom. The van der Waals surface area contributed by atoms with Gasteiger partial charge >= 0.3 is 6.09 Å². The van der Waals surface area contributed by atoms with Crippen molar-refractivity contribution in [2.45, 2.75) is 6.92 Å². The molecule has 1 aromatic carbocycles. The van der Waals surface area contributed by atoms with E-state index in [1.165, 1.54) is 0 Å². The molecule has 0 saturated heterocycles. The highest BCUT2D eigenvalue weighted by Crippen LogP contribution is 2.28. The SMILES string of the molecule is CCOC(=O)Nc1ccc([N+](=O)[O-])cc1[N+](=O)[O-]. The fourth-order valence-corrected chi connectivity index (χ4v) is 1.17. The predicted octanol–water partition coefficient (Wildman–Crippen LogP) is 2.07. The van der Waals surface area contributed by atoms with Gasteiger partial charge in [0, 0.05) is 6.07 Å². The summed E-state index contributed by atoms with van der Waals surface area (Å²) in [6, 6.07) is 2.89. The lowest BCUT2D eigenvalue weighted by Gasteiger charge is -2.05. The van der Waals surface area contributed by atoms with Crippen LogP contribution in [-0.4, -0.2) is 22.5 Å². The molecule has 96 valence electrons. The number of non-ortho nitro benzene ring substituents is 1. The summed E-state index contributed by atoms with van der Waals surface area (Å²) in [6.07, 6.45) is -0.866. The third kappa shape index (κ3) is 3.14. The first kappa shape index (κ1) is 13.4. The van der Waals surface area contributed by atoms with Crippen LogP contribution < -0.4 is 5.32 Å². The van der Waals surface area contributed by atoms with Crippen molar-refractivity contribution in [3.8, 4) is 0 Å². The van der Waals surface area contributed by atoms with Crippen molar-refractivity contribution in [1.29, 1.82) is 0 Å². The molecular formula is C9H9N3O6. The summed E-state index contributed by atoms with van der Waals surface area (Å²) in [6.45, 7) is 1.68. The number of hydrogen-bond acceptors (Lipinski definition) is 6. The molecule has 1 rings (SSSR count). The molecule has 0 saturated carbocycles. The summed E-state index contributed by atoms with van der Waals surface area (Å²) in [5.74, 6) is 0. The first-order valence-electron chi connectivity index (χ1n) is 4.82. The molecule has 0 aliphatic heterocycles. The first-order chi connectivity index (χ1) is 8.45. The zero-order chi connectivity index (χ0) is 13.7. The molecule has 1 aromatic rings. The van der Waals surface area contributed by atoms with Crippen molar-refractivity contribution in [2.75, 3.05) is 11.9 Å². The molecule has 0 radical (unpaired) electrons. The Labute approximate surface area is 101 Å². The number of nitro benzene ring substituents is 2. The molecular weight excluding hydrogens is 246 g/mol. The molecule has 18 heavy (non-hydrogen) atoms. The normalized spacial score (nSPS) is 9.61. The second kappa shape index (κ2) is 5.57. The van der Waals surface area contributed by atoms with E-state index in [1.807, 2.05) is 0 Å². The van der Waals surface area contributed by atoms with Gasteiger partial charge in [0.1, 0.15) is 5.69 Å². The molecule has 0 spiro atoms. The molecule has 0 aliphatic rings. The van der Waals surface area contributed by atoms with E-state index in [0.29, 0.717) is 0 Å². The third-order valence-electron chi connectivity index (χ3n) is 1.90. The van der Waals surface area contributed by atoms with Crippen LogP contribution in [0.25, 0.3) is 0 Å². The Morgan fingerprint density at radius 2 is 2.00 bits per heavy atom. The summed E-state index contributed by atoms with van der Waals surface area (Å²) in [7, 11) is 0. The van der Waals surface area contributed by atoms with Gasteiger partial charge in [-0.25, -0.2) is 4.79 Å². The Morgan fingerprint density at radius 1 is 1.33 bits per heavy atom. The standard InChI is InChI=1S/C9H9N3O6/c1-2-18-9(13)10-7-4-3-6(11(14)15)5-8(7)12(16)17/h3-5H,2H2,1H3,(H,10,13). The minimum Gasteiger partial charge on any atom is -0.450 e. The maximum atomic E-state index is 11.1. The number of carbonyl (C=O) groups is 1. The molecule has 0 aliphatic carbocycles. The van der Waals surface area contributed by atoms with Crippen molar-refractivity contribution in [3.05, 3.63) is 38.4 Å². The molecule has 0 unspecified atom stereocenters. The maximum Gasteiger partial charge on any atom is 0.411 e. The van der Waals surface area contributed by atoms with E-state index >= 15 is 0 Å². The summed E-state index contributed by atoms with van der Waals surface area (Å²) in [5, 5.41) is 23.3. The molecule has 0 heterocycles. The number of carbonyl (C=O) groups excluding carboxylic acids is 1. The van der Waals surface area contributed by atoms with Crippen molar-refractivity contribution in [1.82, 2.24) is 0 Å². The number of nitro groups is 2. The zero-order valence-electron chi connectivity index (χ0n) is 9.28. The Hall–Kier alpha value is -2.71. The third-order valence-corrected chi connectivity index (χ3v) is 1.90. The molecule has 0 atom stereocenters. The van der Waals surface area contributed by atoms with Gasteiger partial charge in [-0.05, 0) is 13.0 Å². The van der Waals surface area contributed by atoms with Gasteiger partial charge in [0.15, 0.2) is 0 Å². The second-order valence-corrected chi connectivity index (χ2v) is 3.06. The van der Waals surface area contributed by atoms with Crippen LogP contribution >= 0.6 is 0 Å². The summed E-state index contributed by atoms with van der Waals surface area (Å²) in [4.78, 5) is 30.7. The highest BCUT2D eigenvalue weighted by Gasteiger charge is 2.20. The van der Waals surface area contributed by atoms with Crippen LogP contribution in [0.2, 0.25) is 0 Å². The molecule has 0 aromatic heterocycles. The molecule has 1 N–H and O–H groups in total. The number of benzene rings is 1. The van der Waals surface area contributed by atoms with Crippen LogP contribution in [0.1, 0.15) is 6.92 Å². The fraction of sp³-hybridized carbons (Fsp3) is 0.222. The van der Waals surface area contributed by atoms with Crippen LogP contribution in [0, 0.1) is 20.2 Å². The number of hydrogen-bond donors (Lipinski definition) is 1. The number of amides is 1. The lowest BCUT2D eigenvalue weighted by atomic mass is 10.2. The topological polar surface area (TPSA) is 125 Å². The lowest BCUT2D eigenvalue weighted by molar-refractivity contribution is -0.393. The molecule has 0 fully saturated rings. The number of rotatable bonds is 4. The highest BCUT2D eigenvalue weighted by atomic mass is 16.6. The van der Waals surface area contributed by atoms with Crippen molar-refractivity contribution in [2.24, 2.45) is 0 Å². The van der Waals surface area contributed by atoms with Crippen LogP contribution in [0.4, 0.5) is 21.9 Å². The van der Waals surface area contributed by atoms with E-state index in [1.54, 1.807) is 6.92 Å². The van der Waals surface area contributed by atoms with Crippen molar-refractivity contribution < 1.29 is 19.4 Å². The molecule has 1 amide bonds. The van der Waals surface area contributed by atoms with Gasteiger partial charge in [0.05, 0.1) is 22.5 Å². The molecule has 9 heteroatoms. The summed E-state index contributed by atoms with van der Waals surface area (Å²) in [5.41, 5.74) is -1.17. The van der Waals surface area contributed by atoms with Gasteiger partial charge in [0.2, 0.25) is 0 Å². The van der Waals surface area contributed by atoms with Gasteiger partial charge in [-0.1, -0.05) is 0 Å². The van der Waals surface area contributed by atoms with Gasteiger partial charge in [-0.15, -0.1) is 0 Å². The maximum absolute atomic E-state index is 11.1. The van der Waals surface area contributed by atoms with Gasteiger partial charge in [0.25, 0.3) is 11.4 Å². The van der Waals surface area contributed by atoms with Crippen LogP contribution in [0.15, 0.2) is 18.2 Å². The van der Waals surface area contributed by atoms with Crippen molar-refractivity contribution >= 4 is 23.2 Å². The Balaban J connectivity index is 3.08. The number of ether oxygens (including phenoxy) is 1. The Bertz CT molecular complexity index is 501. The number of nitrogens with one attached hydrogen (secondary N) is 1. The fourth-order valence-electron chi connectivity index (χ4n) is 1.17. The predicted molar refractivity (Wildman–Crippen MR) is 60.4 cm³/mol. The summed E-state index contributed by atoms with van der Waals surface area (Å²) >= 11 is 0. The van der Waals surface area contributed by atoms with E-state index in [2.05, 4.69) is 10.1 Å². The van der Waals surface area contributed by atoms with E-state index in [4.69, 9.17) is 0 Å². The van der Waals surface area contributed by atoms with E-state index in [-0.39, 0.29) is 12.3 Å². The van der Waals surface area contributed by atoms with Crippen molar-refractivity contribution in [3.63, 3.8) is 0 Å². The quantitative estimate of drug-likeness (QED) is 0.648. The second-order valence-electron chi connectivity index (χ2n) is 3.06. The molecule has 9 nitrogen and oxygen atoms in total. The minimum atomic E-state index is -0.866. The van der Waals surface area contributed by atoms with Crippen LogP contribution in [0.3, 0.4) is 0 Å². The van der Waals surface area contributed by atoms with E-state index < -0.39 is 27.3 Å². The van der Waals surface area contributed by atoms with Gasteiger partial charge in [-0.2, -0.15) is 0 Å². The summed E-state index contributed by atoms with van der Waals surface area (Å²) < 4.78 is 4.55. The molecule has 0 bridgehead atoms. The van der Waals surface area contributed by atoms with E-state index in [9.17, 15) is 25.0 Å². The minimum absolute atomic E-state index is 0.104.